The van der Waals surface area contributed by atoms with Gasteiger partial charge in [-0.05, 0) is 56.0 Å². The van der Waals surface area contributed by atoms with E-state index < -0.39 is 29.1 Å². The van der Waals surface area contributed by atoms with E-state index in [0.717, 1.165) is 17.7 Å². The summed E-state index contributed by atoms with van der Waals surface area (Å²) >= 11 is 0. The number of piperidine rings is 1. The first-order chi connectivity index (χ1) is 16.8. The number of carbonyl (C=O) groups excluding carboxylic acids is 2. The van der Waals surface area contributed by atoms with Crippen LogP contribution in [0.4, 0.5) is 5.69 Å². The highest BCUT2D eigenvalue weighted by atomic mass is 16.5. The van der Waals surface area contributed by atoms with Gasteiger partial charge in [0.05, 0.1) is 28.2 Å². The lowest BCUT2D eigenvalue weighted by Gasteiger charge is -2.64. The number of imide groups is 1. The van der Waals surface area contributed by atoms with E-state index in [4.69, 9.17) is 10.5 Å². The summed E-state index contributed by atoms with van der Waals surface area (Å²) in [5, 5.41) is 23.2. The third-order valence-corrected chi connectivity index (χ3v) is 9.22. The van der Waals surface area contributed by atoms with Gasteiger partial charge in [0, 0.05) is 23.8 Å². The Morgan fingerprint density at radius 3 is 2.80 bits per heavy atom. The van der Waals surface area contributed by atoms with Crippen molar-refractivity contribution >= 4 is 17.5 Å². The van der Waals surface area contributed by atoms with Crippen LogP contribution in [0.25, 0.3) is 0 Å². The molecular formula is C27H27N3O5. The quantitative estimate of drug-likeness (QED) is 0.355. The van der Waals surface area contributed by atoms with Gasteiger partial charge in [-0.1, -0.05) is 18.2 Å². The fourth-order valence-electron chi connectivity index (χ4n) is 7.88. The van der Waals surface area contributed by atoms with Crippen LogP contribution in [0.5, 0.6) is 11.5 Å². The summed E-state index contributed by atoms with van der Waals surface area (Å²) in [6.07, 6.45) is 3.23. The molecule has 1 spiro atoms. The lowest BCUT2D eigenvalue weighted by Crippen LogP contribution is -2.78. The number of carbonyl (C=O) groups is 2. The van der Waals surface area contributed by atoms with Gasteiger partial charge < -0.3 is 20.7 Å². The summed E-state index contributed by atoms with van der Waals surface area (Å²) in [7, 11) is 0. The minimum Gasteiger partial charge on any atom is -0.504 e. The molecule has 180 valence electrons. The molecule has 1 saturated carbocycles. The fourth-order valence-corrected chi connectivity index (χ4v) is 7.88. The highest BCUT2D eigenvalue weighted by Gasteiger charge is 2.74. The van der Waals surface area contributed by atoms with Crippen LogP contribution >= 0.6 is 0 Å². The summed E-state index contributed by atoms with van der Waals surface area (Å²) in [5.41, 5.74) is 6.83. The van der Waals surface area contributed by atoms with E-state index in [2.05, 4.69) is 11.5 Å². The Labute approximate surface area is 202 Å². The molecule has 4 N–H and O–H groups in total. The van der Waals surface area contributed by atoms with Gasteiger partial charge in [0.15, 0.2) is 11.5 Å². The van der Waals surface area contributed by atoms with Crippen molar-refractivity contribution in [2.75, 3.05) is 18.8 Å². The van der Waals surface area contributed by atoms with Gasteiger partial charge in [-0.25, -0.2) is 0 Å². The molecule has 2 fully saturated rings. The van der Waals surface area contributed by atoms with E-state index in [1.54, 1.807) is 24.3 Å². The molecule has 2 aromatic rings. The van der Waals surface area contributed by atoms with Gasteiger partial charge in [-0.3, -0.25) is 19.4 Å². The molecule has 3 aliphatic heterocycles. The van der Waals surface area contributed by atoms with Crippen molar-refractivity contribution in [2.24, 2.45) is 0 Å². The molecule has 5 aliphatic rings. The van der Waals surface area contributed by atoms with Crippen LogP contribution in [0.3, 0.4) is 0 Å². The molecule has 5 atom stereocenters. The van der Waals surface area contributed by atoms with E-state index in [-0.39, 0.29) is 28.9 Å². The monoisotopic (exact) mass is 473 g/mol. The number of nitrogens with zero attached hydrogens (tertiary/aromatic N) is 2. The van der Waals surface area contributed by atoms with Gasteiger partial charge in [-0.15, -0.1) is 6.58 Å². The van der Waals surface area contributed by atoms with Crippen LogP contribution in [0.1, 0.15) is 51.1 Å². The SMILES string of the molecule is C=CCN1CC[C@]23c4c5ccc(O)c4O[C@H]2[C@H](N2C(=O)c4cccc(N)c4C2=O)CC[C@@]3(O)[C@@H]1C5. The molecule has 1 saturated heterocycles. The maximum atomic E-state index is 13.5. The van der Waals surface area contributed by atoms with Gasteiger partial charge in [-0.2, -0.15) is 0 Å². The molecule has 2 bridgehead atoms. The Kier molecular flexibility index (Phi) is 3.98. The zero-order chi connectivity index (χ0) is 24.3. The average molecular weight is 474 g/mol. The minimum atomic E-state index is -1.13. The Bertz CT molecular complexity index is 1340. The van der Waals surface area contributed by atoms with Crippen molar-refractivity contribution < 1.29 is 24.5 Å². The number of benzene rings is 2. The van der Waals surface area contributed by atoms with Crippen LogP contribution in [0.15, 0.2) is 43.0 Å². The fraction of sp³-hybridized carbons (Fsp3) is 0.407. The number of likely N-dealkylation sites (tertiary alicyclic amines) is 1. The second-order valence-corrected chi connectivity index (χ2v) is 10.5. The molecule has 8 nitrogen and oxygen atoms in total. The Morgan fingerprint density at radius 1 is 1.20 bits per heavy atom. The number of hydrogen-bond acceptors (Lipinski definition) is 7. The topological polar surface area (TPSA) is 116 Å². The summed E-state index contributed by atoms with van der Waals surface area (Å²) in [4.78, 5) is 30.6. The van der Waals surface area contributed by atoms with E-state index in [1.807, 2.05) is 12.1 Å². The van der Waals surface area contributed by atoms with Crippen molar-refractivity contribution in [3.63, 3.8) is 0 Å². The van der Waals surface area contributed by atoms with E-state index in [1.165, 1.54) is 4.90 Å². The zero-order valence-corrected chi connectivity index (χ0v) is 19.2. The van der Waals surface area contributed by atoms with Gasteiger partial charge in [0.25, 0.3) is 11.8 Å². The Morgan fingerprint density at radius 2 is 2.03 bits per heavy atom. The van der Waals surface area contributed by atoms with Crippen LogP contribution < -0.4 is 10.5 Å². The molecule has 0 radical (unpaired) electrons. The van der Waals surface area contributed by atoms with Crippen LogP contribution in [-0.4, -0.2) is 68.7 Å². The summed E-state index contributed by atoms with van der Waals surface area (Å²) in [6, 6.07) is 7.74. The second kappa shape index (κ2) is 6.65. The summed E-state index contributed by atoms with van der Waals surface area (Å²) < 4.78 is 6.49. The number of hydrogen-bond donors (Lipinski definition) is 3. The van der Waals surface area contributed by atoms with Crippen LogP contribution in [0.2, 0.25) is 0 Å². The first kappa shape index (κ1) is 21.0. The maximum absolute atomic E-state index is 13.5. The van der Waals surface area contributed by atoms with Crippen molar-refractivity contribution in [3.05, 3.63) is 65.2 Å². The first-order valence-electron chi connectivity index (χ1n) is 12.2. The number of ether oxygens (including phenoxy) is 1. The summed E-state index contributed by atoms with van der Waals surface area (Å²) in [6.45, 7) is 5.28. The number of anilines is 1. The average Bonchev–Trinajstić information content (AvgIpc) is 3.31. The Hall–Kier alpha value is -3.36. The lowest BCUT2D eigenvalue weighted by molar-refractivity contribution is -0.194. The second-order valence-electron chi connectivity index (χ2n) is 10.5. The molecule has 3 heterocycles. The van der Waals surface area contributed by atoms with E-state index in [0.29, 0.717) is 43.5 Å². The highest BCUT2D eigenvalue weighted by Crippen LogP contribution is 2.66. The number of phenolic OH excluding ortho intramolecular Hbond substituents is 1. The molecule has 2 aromatic carbocycles. The molecule has 2 amide bonds. The molecule has 2 aliphatic carbocycles. The Balaban J connectivity index is 1.40. The molecule has 7 rings (SSSR count). The van der Waals surface area contributed by atoms with Crippen molar-refractivity contribution in [3.8, 4) is 11.5 Å². The van der Waals surface area contributed by atoms with Crippen LogP contribution in [-0.2, 0) is 11.8 Å². The molecule has 0 unspecified atom stereocenters. The summed E-state index contributed by atoms with van der Waals surface area (Å²) in [5.74, 6) is -0.406. The van der Waals surface area contributed by atoms with Crippen molar-refractivity contribution in [2.45, 2.75) is 54.9 Å². The van der Waals surface area contributed by atoms with Crippen LogP contribution in [0, 0.1) is 0 Å². The number of rotatable bonds is 3. The zero-order valence-electron chi connectivity index (χ0n) is 19.2. The molecule has 8 heteroatoms. The highest BCUT2D eigenvalue weighted by molar-refractivity contribution is 6.23. The molecular weight excluding hydrogens is 446 g/mol. The van der Waals surface area contributed by atoms with Crippen molar-refractivity contribution in [1.29, 1.82) is 0 Å². The van der Waals surface area contributed by atoms with Gasteiger partial charge in [0.1, 0.15) is 6.10 Å². The standard InChI is InChI=1S/C27H27N3O5/c1-2-11-29-12-10-26-21-14-6-7-18(31)22(21)35-23(26)17(8-9-27(26,34)19(29)13-14)30-24(32)15-4-3-5-16(28)20(15)25(30)33/h2-7,17,19,23,31,34H,1,8-13,28H2/t17-,19+,23+,26+,27-/m1/s1. The van der Waals surface area contributed by atoms with Gasteiger partial charge >= 0.3 is 0 Å². The lowest BCUT2D eigenvalue weighted by atomic mass is 9.48. The third-order valence-electron chi connectivity index (χ3n) is 9.22. The number of nitrogen functional groups attached to an aromatic ring is 1. The number of aromatic hydroxyl groups is 1. The maximum Gasteiger partial charge on any atom is 0.264 e. The van der Waals surface area contributed by atoms with Gasteiger partial charge in [0.2, 0.25) is 0 Å². The number of fused-ring (bicyclic) bond motifs is 1. The number of nitrogens with two attached hydrogens (primary N) is 1. The largest absolute Gasteiger partial charge is 0.504 e. The smallest absolute Gasteiger partial charge is 0.264 e. The first-order valence-corrected chi connectivity index (χ1v) is 12.2. The molecule has 0 aromatic heterocycles. The number of aliphatic hydroxyl groups is 1. The third kappa shape index (κ3) is 2.25. The predicted molar refractivity (Wildman–Crippen MR) is 127 cm³/mol. The van der Waals surface area contributed by atoms with E-state index in [9.17, 15) is 19.8 Å². The predicted octanol–water partition coefficient (Wildman–Crippen LogP) is 1.98. The minimum absolute atomic E-state index is 0.0206. The van der Waals surface area contributed by atoms with Crippen molar-refractivity contribution in [1.82, 2.24) is 9.80 Å². The number of phenols is 1. The normalized spacial score (nSPS) is 34.4. The number of amides is 2. The molecule has 35 heavy (non-hydrogen) atoms. The van der Waals surface area contributed by atoms with E-state index >= 15 is 0 Å².